The molecule has 3 rings (SSSR count). The fourth-order valence-corrected chi connectivity index (χ4v) is 3.83. The summed E-state index contributed by atoms with van der Waals surface area (Å²) >= 11 is 0. The fourth-order valence-electron chi connectivity index (χ4n) is 3.83. The molecule has 0 fully saturated rings. The first-order valence-electron chi connectivity index (χ1n) is 8.80. The van der Waals surface area contributed by atoms with E-state index in [0.717, 1.165) is 5.71 Å². The molecule has 0 amide bonds. The van der Waals surface area contributed by atoms with Gasteiger partial charge < -0.3 is 0 Å². The maximum absolute atomic E-state index is 5.06. The topological polar surface area (TPSA) is 12.4 Å². The van der Waals surface area contributed by atoms with Crippen LogP contribution in [0.5, 0.6) is 0 Å². The molecule has 0 aromatic heterocycles. The van der Waals surface area contributed by atoms with Crippen LogP contribution >= 0.6 is 0 Å². The van der Waals surface area contributed by atoms with Crippen molar-refractivity contribution in [1.29, 1.82) is 0 Å². The zero-order valence-electron chi connectivity index (χ0n) is 16.1. The van der Waals surface area contributed by atoms with E-state index in [1.165, 1.54) is 27.5 Å². The molecule has 2 aromatic carbocycles. The number of rotatable bonds is 1. The van der Waals surface area contributed by atoms with Crippen molar-refractivity contribution in [3.63, 3.8) is 0 Å². The lowest BCUT2D eigenvalue weighted by molar-refractivity contribution is 0.306. The van der Waals surface area contributed by atoms with Gasteiger partial charge >= 0.3 is 0 Å². The summed E-state index contributed by atoms with van der Waals surface area (Å²) in [6.07, 6.45) is 1.91. The van der Waals surface area contributed by atoms with Crippen LogP contribution in [0.15, 0.2) is 48.0 Å². The summed E-state index contributed by atoms with van der Waals surface area (Å²) in [6, 6.07) is 11.2. The van der Waals surface area contributed by atoms with Gasteiger partial charge in [-0.15, -0.1) is 0 Å². The van der Waals surface area contributed by atoms with Crippen molar-refractivity contribution >= 4 is 16.5 Å². The number of fused-ring (bicyclic) bond motifs is 3. The Labute approximate surface area is 146 Å². The van der Waals surface area contributed by atoms with Crippen LogP contribution in [-0.2, 0) is 10.8 Å². The van der Waals surface area contributed by atoms with Gasteiger partial charge in [0.15, 0.2) is 0 Å². The molecule has 24 heavy (non-hydrogen) atoms. The van der Waals surface area contributed by atoms with Crippen molar-refractivity contribution < 1.29 is 0 Å². The Morgan fingerprint density at radius 1 is 1.00 bits per heavy atom. The van der Waals surface area contributed by atoms with Gasteiger partial charge in [-0.2, -0.15) is 0 Å². The summed E-state index contributed by atoms with van der Waals surface area (Å²) in [7, 11) is 0. The van der Waals surface area contributed by atoms with Gasteiger partial charge in [0.05, 0.1) is 11.3 Å². The molecule has 126 valence electrons. The lowest BCUT2D eigenvalue weighted by atomic mass is 9.64. The highest BCUT2D eigenvalue weighted by molar-refractivity contribution is 6.14. The van der Waals surface area contributed by atoms with Crippen LogP contribution in [0.25, 0.3) is 10.8 Å². The smallest absolute Gasteiger partial charge is 0.0651 e. The average molecular weight is 319 g/mol. The third-order valence-corrected chi connectivity index (χ3v) is 5.88. The summed E-state index contributed by atoms with van der Waals surface area (Å²) in [5.41, 5.74) is 4.91. The highest BCUT2D eigenvalue weighted by Gasteiger charge is 2.44. The Morgan fingerprint density at radius 2 is 1.58 bits per heavy atom. The predicted molar refractivity (Wildman–Crippen MR) is 106 cm³/mol. The van der Waals surface area contributed by atoms with E-state index >= 15 is 0 Å². The van der Waals surface area contributed by atoms with Crippen molar-refractivity contribution in [2.75, 3.05) is 0 Å². The second-order valence-electron chi connectivity index (χ2n) is 9.03. The quantitative estimate of drug-likeness (QED) is 0.595. The molecule has 0 N–H and O–H groups in total. The van der Waals surface area contributed by atoms with Gasteiger partial charge in [-0.05, 0) is 53.3 Å². The zero-order valence-corrected chi connectivity index (χ0v) is 16.1. The van der Waals surface area contributed by atoms with Crippen LogP contribution in [0.4, 0.5) is 0 Å². The average Bonchev–Trinajstić information content (AvgIpc) is 2.48. The Morgan fingerprint density at radius 3 is 2.12 bits per heavy atom. The molecule has 0 saturated heterocycles. The van der Waals surface area contributed by atoms with Gasteiger partial charge in [-0.1, -0.05) is 65.5 Å². The van der Waals surface area contributed by atoms with Gasteiger partial charge in [-0.25, -0.2) is 0 Å². The number of hydrogen-bond acceptors (Lipinski definition) is 1. The molecule has 0 aliphatic carbocycles. The molecule has 0 unspecified atom stereocenters. The van der Waals surface area contributed by atoms with Crippen LogP contribution < -0.4 is 0 Å². The second kappa shape index (κ2) is 5.05. The molecule has 0 bridgehead atoms. The predicted octanol–water partition coefficient (Wildman–Crippen LogP) is 6.18. The second-order valence-corrected chi connectivity index (χ2v) is 9.03. The molecule has 1 aliphatic rings. The molecule has 0 saturated carbocycles. The summed E-state index contributed by atoms with van der Waals surface area (Å²) in [5, 5.41) is 2.71. The summed E-state index contributed by atoms with van der Waals surface area (Å²) in [4.78, 5) is 5.06. The number of hydrogen-bond donors (Lipinski definition) is 0. The van der Waals surface area contributed by atoms with E-state index in [2.05, 4.69) is 85.4 Å². The SMILES string of the molecule is C=CC1=NC(C)(C)C(C)(C)c2c1cc(C(C)(C)C)c1ccccc21. The lowest BCUT2D eigenvalue weighted by Crippen LogP contribution is -2.46. The van der Waals surface area contributed by atoms with Crippen LogP contribution in [-0.4, -0.2) is 11.3 Å². The highest BCUT2D eigenvalue weighted by atomic mass is 14.9. The first-order chi connectivity index (χ1) is 11.0. The molecule has 1 nitrogen and oxygen atoms in total. The molecule has 0 atom stereocenters. The fraction of sp³-hybridized carbons (Fsp3) is 0.435. The van der Waals surface area contributed by atoms with E-state index in [4.69, 9.17) is 4.99 Å². The number of benzene rings is 2. The van der Waals surface area contributed by atoms with E-state index in [-0.39, 0.29) is 16.4 Å². The van der Waals surface area contributed by atoms with E-state index in [1.807, 2.05) is 6.08 Å². The normalized spacial score (nSPS) is 18.9. The lowest BCUT2D eigenvalue weighted by Gasteiger charge is -2.45. The number of nitrogens with zero attached hydrogens (tertiary/aromatic N) is 1. The molecule has 2 aromatic rings. The maximum Gasteiger partial charge on any atom is 0.0651 e. The van der Waals surface area contributed by atoms with Crippen molar-refractivity contribution in [2.24, 2.45) is 4.99 Å². The Bertz CT molecular complexity index is 857. The third kappa shape index (κ3) is 2.25. The molecule has 1 heteroatoms. The van der Waals surface area contributed by atoms with Gasteiger partial charge in [0.1, 0.15) is 0 Å². The Hall–Kier alpha value is -1.89. The van der Waals surface area contributed by atoms with Crippen LogP contribution in [0, 0.1) is 0 Å². The third-order valence-electron chi connectivity index (χ3n) is 5.88. The molecule has 0 spiro atoms. The molecular weight excluding hydrogens is 290 g/mol. The van der Waals surface area contributed by atoms with E-state index in [1.54, 1.807) is 0 Å². The molecular formula is C23H29N. The largest absolute Gasteiger partial charge is 0.278 e. The monoisotopic (exact) mass is 319 g/mol. The van der Waals surface area contributed by atoms with Gasteiger partial charge in [-0.3, -0.25) is 4.99 Å². The Balaban J connectivity index is 2.55. The molecule has 1 heterocycles. The minimum Gasteiger partial charge on any atom is -0.278 e. The standard InChI is InChI=1S/C23H29N/c1-9-19-17-14-18(21(2,3)4)15-12-10-11-13-16(15)20(17)22(5,6)23(7,8)24-19/h9-14H,1H2,2-8H3. The van der Waals surface area contributed by atoms with Gasteiger partial charge in [0, 0.05) is 11.0 Å². The van der Waals surface area contributed by atoms with Gasteiger partial charge in [0.25, 0.3) is 0 Å². The number of allylic oxidation sites excluding steroid dienone is 1. The van der Waals surface area contributed by atoms with Crippen LogP contribution in [0.2, 0.25) is 0 Å². The van der Waals surface area contributed by atoms with Gasteiger partial charge in [0.2, 0.25) is 0 Å². The number of aliphatic imine (C=N–C) groups is 1. The van der Waals surface area contributed by atoms with E-state index < -0.39 is 0 Å². The van der Waals surface area contributed by atoms with Crippen molar-refractivity contribution in [3.05, 3.63) is 59.7 Å². The van der Waals surface area contributed by atoms with Crippen molar-refractivity contribution in [3.8, 4) is 0 Å². The van der Waals surface area contributed by atoms with Crippen molar-refractivity contribution in [1.82, 2.24) is 0 Å². The first kappa shape index (κ1) is 17.0. The minimum atomic E-state index is -0.171. The maximum atomic E-state index is 5.06. The summed E-state index contributed by atoms with van der Waals surface area (Å²) in [5.74, 6) is 0. The van der Waals surface area contributed by atoms with E-state index in [9.17, 15) is 0 Å². The summed E-state index contributed by atoms with van der Waals surface area (Å²) in [6.45, 7) is 20.0. The van der Waals surface area contributed by atoms with Crippen LogP contribution in [0.1, 0.15) is 65.2 Å². The van der Waals surface area contributed by atoms with Crippen LogP contribution in [0.3, 0.4) is 0 Å². The first-order valence-corrected chi connectivity index (χ1v) is 8.80. The van der Waals surface area contributed by atoms with Crippen molar-refractivity contribution in [2.45, 2.75) is 64.8 Å². The summed E-state index contributed by atoms with van der Waals surface area (Å²) < 4.78 is 0. The molecule has 0 radical (unpaired) electrons. The minimum absolute atomic E-state index is 0.0507. The van der Waals surface area contributed by atoms with E-state index in [0.29, 0.717) is 0 Å². The molecule has 1 aliphatic heterocycles. The zero-order chi connectivity index (χ0) is 17.9. The highest BCUT2D eigenvalue weighted by Crippen LogP contribution is 2.48. The Kier molecular flexibility index (Phi) is 3.57.